The zero-order chi connectivity index (χ0) is 21.3. The van der Waals surface area contributed by atoms with Crippen molar-refractivity contribution in [3.8, 4) is 11.4 Å². The van der Waals surface area contributed by atoms with Crippen molar-refractivity contribution in [1.29, 1.82) is 0 Å². The van der Waals surface area contributed by atoms with Crippen LogP contribution in [0.4, 0.5) is 16.6 Å². The molecule has 10 heteroatoms. The topological polar surface area (TPSA) is 106 Å². The van der Waals surface area contributed by atoms with Gasteiger partial charge in [0.05, 0.1) is 6.04 Å². The molecule has 0 unspecified atom stereocenters. The highest BCUT2D eigenvalue weighted by molar-refractivity contribution is 6.30. The number of halogens is 1. The lowest BCUT2D eigenvalue weighted by atomic mass is 10.0. The SMILES string of the molecule is CC(C)[C@H]1COC(=O)N1c1ccnc(N[C@@H](C)c2nc(-c3ccc(Cl)cc3)no2)n1. The van der Waals surface area contributed by atoms with Crippen LogP contribution in [0.5, 0.6) is 0 Å². The van der Waals surface area contributed by atoms with Crippen LogP contribution >= 0.6 is 11.6 Å². The van der Waals surface area contributed by atoms with Gasteiger partial charge in [-0.05, 0) is 43.2 Å². The third-order valence-electron chi connectivity index (χ3n) is 4.82. The van der Waals surface area contributed by atoms with Gasteiger partial charge in [0.1, 0.15) is 18.5 Å². The Morgan fingerprint density at radius 2 is 1.93 bits per heavy atom. The lowest BCUT2D eigenvalue weighted by molar-refractivity contribution is 0.177. The summed E-state index contributed by atoms with van der Waals surface area (Å²) in [6, 6.07) is 8.44. The molecule has 0 bridgehead atoms. The van der Waals surface area contributed by atoms with E-state index in [9.17, 15) is 4.79 Å². The van der Waals surface area contributed by atoms with E-state index in [-0.39, 0.29) is 18.0 Å². The molecule has 1 aliphatic heterocycles. The number of nitrogens with zero attached hydrogens (tertiary/aromatic N) is 5. The van der Waals surface area contributed by atoms with E-state index in [1.807, 2.05) is 32.9 Å². The zero-order valence-corrected chi connectivity index (χ0v) is 17.5. The summed E-state index contributed by atoms with van der Waals surface area (Å²) >= 11 is 5.92. The molecule has 0 aliphatic carbocycles. The first kappa shape index (κ1) is 20.1. The molecule has 0 radical (unpaired) electrons. The Morgan fingerprint density at radius 1 is 1.17 bits per heavy atom. The summed E-state index contributed by atoms with van der Waals surface area (Å²) in [5.74, 6) is 1.90. The van der Waals surface area contributed by atoms with E-state index < -0.39 is 6.09 Å². The molecule has 4 rings (SSSR count). The second kappa shape index (κ2) is 8.27. The lowest BCUT2D eigenvalue weighted by Gasteiger charge is -2.23. The maximum absolute atomic E-state index is 12.2. The summed E-state index contributed by atoms with van der Waals surface area (Å²) in [6.07, 6.45) is 1.18. The minimum atomic E-state index is -0.407. The van der Waals surface area contributed by atoms with Crippen molar-refractivity contribution in [2.75, 3.05) is 16.8 Å². The number of nitrogens with one attached hydrogen (secondary N) is 1. The quantitative estimate of drug-likeness (QED) is 0.618. The smallest absolute Gasteiger partial charge is 0.415 e. The highest BCUT2D eigenvalue weighted by Crippen LogP contribution is 2.27. The van der Waals surface area contributed by atoms with Crippen molar-refractivity contribution in [3.63, 3.8) is 0 Å². The lowest BCUT2D eigenvalue weighted by Crippen LogP contribution is -2.37. The number of anilines is 2. The molecule has 156 valence electrons. The fourth-order valence-corrected chi connectivity index (χ4v) is 3.25. The van der Waals surface area contributed by atoms with Crippen LogP contribution in [0.2, 0.25) is 5.02 Å². The van der Waals surface area contributed by atoms with Gasteiger partial charge in [-0.3, -0.25) is 4.90 Å². The molecule has 1 N–H and O–H groups in total. The Morgan fingerprint density at radius 3 is 2.67 bits per heavy atom. The molecule has 0 spiro atoms. The fourth-order valence-electron chi connectivity index (χ4n) is 3.13. The van der Waals surface area contributed by atoms with Crippen LogP contribution in [-0.2, 0) is 4.74 Å². The van der Waals surface area contributed by atoms with Crippen molar-refractivity contribution in [2.45, 2.75) is 32.9 Å². The number of hydrogen-bond donors (Lipinski definition) is 1. The van der Waals surface area contributed by atoms with E-state index in [2.05, 4.69) is 25.4 Å². The predicted molar refractivity (Wildman–Crippen MR) is 111 cm³/mol. The van der Waals surface area contributed by atoms with Gasteiger partial charge in [0, 0.05) is 16.8 Å². The molecule has 1 amide bonds. The number of aromatic nitrogens is 4. The van der Waals surface area contributed by atoms with Crippen LogP contribution in [0, 0.1) is 5.92 Å². The third-order valence-corrected chi connectivity index (χ3v) is 5.08. The number of benzene rings is 1. The average molecular weight is 429 g/mol. The van der Waals surface area contributed by atoms with E-state index in [0.29, 0.717) is 35.1 Å². The number of cyclic esters (lactones) is 1. The second-order valence-electron chi connectivity index (χ2n) is 7.33. The summed E-state index contributed by atoms with van der Waals surface area (Å²) in [5, 5.41) is 7.79. The molecule has 30 heavy (non-hydrogen) atoms. The van der Waals surface area contributed by atoms with Crippen molar-refractivity contribution in [2.24, 2.45) is 5.92 Å². The molecular weight excluding hydrogens is 408 g/mol. The van der Waals surface area contributed by atoms with Crippen LogP contribution in [0.3, 0.4) is 0 Å². The Labute approximate surface area is 178 Å². The molecule has 2 atom stereocenters. The standard InChI is InChI=1S/C20H21ClN6O3/c1-11(2)15-10-29-20(28)27(15)16-8-9-22-19(24-16)23-12(3)18-25-17(26-30-18)13-4-6-14(21)7-5-13/h4-9,11-12,15H,10H2,1-3H3,(H,22,23,24)/t12-,15+/m0/s1. The Hall–Kier alpha value is -3.20. The highest BCUT2D eigenvalue weighted by atomic mass is 35.5. The number of carbonyl (C=O) groups is 1. The summed E-state index contributed by atoms with van der Waals surface area (Å²) < 4.78 is 10.6. The molecule has 3 aromatic rings. The Bertz CT molecular complexity index is 1040. The summed E-state index contributed by atoms with van der Waals surface area (Å²) in [4.78, 5) is 26.9. The van der Waals surface area contributed by atoms with E-state index in [4.69, 9.17) is 20.9 Å². The number of amides is 1. The number of ether oxygens (including phenoxy) is 1. The monoisotopic (exact) mass is 428 g/mol. The maximum Gasteiger partial charge on any atom is 0.415 e. The minimum Gasteiger partial charge on any atom is -0.447 e. The van der Waals surface area contributed by atoms with Crippen LogP contribution in [0.15, 0.2) is 41.1 Å². The van der Waals surface area contributed by atoms with Crippen LogP contribution < -0.4 is 10.2 Å². The Kier molecular flexibility index (Phi) is 5.54. The van der Waals surface area contributed by atoms with Gasteiger partial charge >= 0.3 is 6.09 Å². The van der Waals surface area contributed by atoms with Gasteiger partial charge in [-0.2, -0.15) is 9.97 Å². The molecule has 1 fully saturated rings. The number of carbonyl (C=O) groups excluding carboxylic acids is 1. The van der Waals surface area contributed by atoms with Crippen molar-refractivity contribution < 1.29 is 14.1 Å². The minimum absolute atomic E-state index is 0.0736. The average Bonchev–Trinajstić information content (AvgIpc) is 3.36. The molecule has 0 saturated carbocycles. The summed E-state index contributed by atoms with van der Waals surface area (Å²) in [6.45, 7) is 6.27. The van der Waals surface area contributed by atoms with Gasteiger partial charge in [-0.25, -0.2) is 9.78 Å². The Balaban J connectivity index is 1.50. The third kappa shape index (κ3) is 4.06. The molecular formula is C20H21ClN6O3. The first-order valence-corrected chi connectivity index (χ1v) is 9.95. The first-order valence-electron chi connectivity index (χ1n) is 9.57. The second-order valence-corrected chi connectivity index (χ2v) is 7.76. The maximum atomic E-state index is 12.2. The van der Waals surface area contributed by atoms with Gasteiger partial charge in [-0.1, -0.05) is 30.6 Å². The summed E-state index contributed by atoms with van der Waals surface area (Å²) in [7, 11) is 0. The van der Waals surface area contributed by atoms with Crippen LogP contribution in [-0.4, -0.2) is 38.9 Å². The molecule has 9 nitrogen and oxygen atoms in total. The van der Waals surface area contributed by atoms with Gasteiger partial charge < -0.3 is 14.6 Å². The van der Waals surface area contributed by atoms with E-state index in [1.54, 1.807) is 29.3 Å². The van der Waals surface area contributed by atoms with Gasteiger partial charge in [-0.15, -0.1) is 0 Å². The molecule has 2 aromatic heterocycles. The molecule has 1 saturated heterocycles. The summed E-state index contributed by atoms with van der Waals surface area (Å²) in [5.41, 5.74) is 0.798. The molecule has 1 aromatic carbocycles. The fraction of sp³-hybridized carbons (Fsp3) is 0.350. The van der Waals surface area contributed by atoms with Gasteiger partial charge in [0.2, 0.25) is 17.7 Å². The van der Waals surface area contributed by atoms with Crippen LogP contribution in [0.1, 0.15) is 32.7 Å². The van der Waals surface area contributed by atoms with Gasteiger partial charge in [0.25, 0.3) is 0 Å². The molecule has 3 heterocycles. The van der Waals surface area contributed by atoms with E-state index in [1.165, 1.54) is 0 Å². The van der Waals surface area contributed by atoms with Gasteiger partial charge in [0.15, 0.2) is 0 Å². The predicted octanol–water partition coefficient (Wildman–Crippen LogP) is 4.33. The number of hydrogen-bond acceptors (Lipinski definition) is 8. The van der Waals surface area contributed by atoms with Crippen molar-refractivity contribution in [1.82, 2.24) is 20.1 Å². The van der Waals surface area contributed by atoms with E-state index in [0.717, 1.165) is 5.56 Å². The highest BCUT2D eigenvalue weighted by Gasteiger charge is 2.37. The van der Waals surface area contributed by atoms with E-state index >= 15 is 0 Å². The number of rotatable bonds is 6. The molecule has 1 aliphatic rings. The van der Waals surface area contributed by atoms with Crippen LogP contribution in [0.25, 0.3) is 11.4 Å². The zero-order valence-electron chi connectivity index (χ0n) is 16.7. The van der Waals surface area contributed by atoms with Crippen molar-refractivity contribution >= 4 is 29.5 Å². The largest absolute Gasteiger partial charge is 0.447 e. The first-order chi connectivity index (χ1) is 14.4. The van der Waals surface area contributed by atoms with Crippen molar-refractivity contribution in [3.05, 3.63) is 47.4 Å². The normalized spacial score (nSPS) is 17.3.